The van der Waals surface area contributed by atoms with Crippen LogP contribution in [0, 0.1) is 0 Å². The quantitative estimate of drug-likeness (QED) is 0.875. The molecule has 0 aromatic heterocycles. The largest absolute Gasteiger partial charge is 0.323 e. The lowest BCUT2D eigenvalue weighted by molar-refractivity contribution is 0.185. The predicted molar refractivity (Wildman–Crippen MR) is 78.3 cm³/mol. The minimum Gasteiger partial charge on any atom is -0.323 e. The van der Waals surface area contributed by atoms with Crippen LogP contribution in [-0.4, -0.2) is 36.6 Å². The number of carbonyl (C=O) groups excluding carboxylic acids is 1. The lowest BCUT2D eigenvalue weighted by atomic mass is 10.1. The molecule has 0 bridgehead atoms. The van der Waals surface area contributed by atoms with E-state index in [1.54, 1.807) is 0 Å². The third-order valence-corrected chi connectivity index (χ3v) is 3.42. The Labute approximate surface area is 115 Å². The van der Waals surface area contributed by atoms with Gasteiger partial charge in [-0.25, -0.2) is 4.79 Å². The standard InChI is InChI=1S/C15H23N3O/c1-2-10-16-14-9-6-11-18(12-14)15(19)17-13-7-4-3-5-8-13/h3-5,7-8,14,16H,2,6,9-12H2,1H3,(H,17,19). The van der Waals surface area contributed by atoms with Gasteiger partial charge in [-0.1, -0.05) is 25.1 Å². The summed E-state index contributed by atoms with van der Waals surface area (Å²) in [5.74, 6) is 0. The summed E-state index contributed by atoms with van der Waals surface area (Å²) in [5, 5.41) is 6.45. The smallest absolute Gasteiger partial charge is 0.321 e. The zero-order chi connectivity index (χ0) is 13.5. The van der Waals surface area contributed by atoms with Gasteiger partial charge in [0.25, 0.3) is 0 Å². The first-order valence-corrected chi connectivity index (χ1v) is 7.14. The van der Waals surface area contributed by atoms with Gasteiger partial charge >= 0.3 is 6.03 Å². The van der Waals surface area contributed by atoms with E-state index in [0.29, 0.717) is 6.04 Å². The molecule has 0 aliphatic carbocycles. The van der Waals surface area contributed by atoms with Gasteiger partial charge in [0.15, 0.2) is 0 Å². The third-order valence-electron chi connectivity index (χ3n) is 3.42. The lowest BCUT2D eigenvalue weighted by Gasteiger charge is -2.33. The Hall–Kier alpha value is -1.55. The monoisotopic (exact) mass is 261 g/mol. The highest BCUT2D eigenvalue weighted by molar-refractivity contribution is 5.89. The topological polar surface area (TPSA) is 44.4 Å². The summed E-state index contributed by atoms with van der Waals surface area (Å²) in [6, 6.07) is 10.1. The molecule has 1 aliphatic heterocycles. The molecule has 1 unspecified atom stereocenters. The number of nitrogens with zero attached hydrogens (tertiary/aromatic N) is 1. The molecule has 1 fully saturated rings. The van der Waals surface area contributed by atoms with E-state index in [1.807, 2.05) is 35.2 Å². The Balaban J connectivity index is 1.85. The highest BCUT2D eigenvalue weighted by Crippen LogP contribution is 2.13. The Morgan fingerprint density at radius 1 is 1.37 bits per heavy atom. The number of amides is 2. The lowest BCUT2D eigenvalue weighted by Crippen LogP contribution is -2.49. The molecule has 0 saturated carbocycles. The summed E-state index contributed by atoms with van der Waals surface area (Å²) >= 11 is 0. The van der Waals surface area contributed by atoms with Crippen LogP contribution in [0.5, 0.6) is 0 Å². The Kier molecular flexibility index (Phi) is 5.21. The summed E-state index contributed by atoms with van der Waals surface area (Å²) in [6.07, 6.45) is 3.37. The molecule has 1 aromatic carbocycles. The summed E-state index contributed by atoms with van der Waals surface area (Å²) in [4.78, 5) is 14.1. The molecule has 19 heavy (non-hydrogen) atoms. The van der Waals surface area contributed by atoms with Crippen molar-refractivity contribution in [3.8, 4) is 0 Å². The maximum absolute atomic E-state index is 12.2. The minimum absolute atomic E-state index is 0.00852. The maximum Gasteiger partial charge on any atom is 0.321 e. The molecule has 1 atom stereocenters. The first-order chi connectivity index (χ1) is 9.29. The van der Waals surface area contributed by atoms with Crippen LogP contribution in [0.1, 0.15) is 26.2 Å². The molecule has 1 aliphatic rings. The number of hydrogen-bond donors (Lipinski definition) is 2. The van der Waals surface area contributed by atoms with Gasteiger partial charge in [-0.3, -0.25) is 0 Å². The van der Waals surface area contributed by atoms with Crippen molar-refractivity contribution in [2.75, 3.05) is 25.0 Å². The van der Waals surface area contributed by atoms with Crippen LogP contribution < -0.4 is 10.6 Å². The van der Waals surface area contributed by atoms with Crippen LogP contribution in [-0.2, 0) is 0 Å². The van der Waals surface area contributed by atoms with Crippen LogP contribution >= 0.6 is 0 Å². The fourth-order valence-corrected chi connectivity index (χ4v) is 2.40. The molecule has 1 heterocycles. The molecular formula is C15H23N3O. The van der Waals surface area contributed by atoms with Crippen molar-refractivity contribution in [1.29, 1.82) is 0 Å². The van der Waals surface area contributed by atoms with E-state index < -0.39 is 0 Å². The number of para-hydroxylation sites is 1. The van der Waals surface area contributed by atoms with Crippen LogP contribution in [0.15, 0.2) is 30.3 Å². The molecule has 0 radical (unpaired) electrons. The molecule has 1 saturated heterocycles. The number of rotatable bonds is 4. The second kappa shape index (κ2) is 7.14. The van der Waals surface area contributed by atoms with E-state index in [4.69, 9.17) is 0 Å². The Morgan fingerprint density at radius 3 is 2.89 bits per heavy atom. The van der Waals surface area contributed by atoms with E-state index in [9.17, 15) is 4.79 Å². The molecule has 4 heteroatoms. The first kappa shape index (κ1) is 13.9. The number of benzene rings is 1. The molecule has 104 valence electrons. The molecule has 2 N–H and O–H groups in total. The van der Waals surface area contributed by atoms with Crippen molar-refractivity contribution in [2.45, 2.75) is 32.2 Å². The highest BCUT2D eigenvalue weighted by Gasteiger charge is 2.22. The normalized spacial score (nSPS) is 19.2. The van der Waals surface area contributed by atoms with Gasteiger partial charge in [0, 0.05) is 24.8 Å². The van der Waals surface area contributed by atoms with Crippen LogP contribution in [0.25, 0.3) is 0 Å². The Bertz CT molecular complexity index is 394. The number of anilines is 1. The van der Waals surface area contributed by atoms with Crippen molar-refractivity contribution < 1.29 is 4.79 Å². The molecule has 2 rings (SSSR count). The number of nitrogens with one attached hydrogen (secondary N) is 2. The minimum atomic E-state index is 0.00852. The zero-order valence-corrected chi connectivity index (χ0v) is 11.6. The Morgan fingerprint density at radius 2 is 2.16 bits per heavy atom. The number of likely N-dealkylation sites (tertiary alicyclic amines) is 1. The fraction of sp³-hybridized carbons (Fsp3) is 0.533. The van der Waals surface area contributed by atoms with Crippen molar-refractivity contribution in [2.24, 2.45) is 0 Å². The van der Waals surface area contributed by atoms with Crippen LogP contribution in [0.2, 0.25) is 0 Å². The highest BCUT2D eigenvalue weighted by atomic mass is 16.2. The van der Waals surface area contributed by atoms with Gasteiger partial charge in [0.1, 0.15) is 0 Å². The summed E-state index contributed by atoms with van der Waals surface area (Å²) < 4.78 is 0. The number of hydrogen-bond acceptors (Lipinski definition) is 2. The first-order valence-electron chi connectivity index (χ1n) is 7.14. The third kappa shape index (κ3) is 4.24. The van der Waals surface area contributed by atoms with Gasteiger partial charge < -0.3 is 15.5 Å². The molecule has 4 nitrogen and oxygen atoms in total. The average molecular weight is 261 g/mol. The van der Waals surface area contributed by atoms with Crippen molar-refractivity contribution in [1.82, 2.24) is 10.2 Å². The van der Waals surface area contributed by atoms with E-state index in [0.717, 1.165) is 44.6 Å². The van der Waals surface area contributed by atoms with Gasteiger partial charge in [-0.05, 0) is 37.9 Å². The SMILES string of the molecule is CCCNC1CCCN(C(=O)Nc2ccccc2)C1. The summed E-state index contributed by atoms with van der Waals surface area (Å²) in [7, 11) is 0. The van der Waals surface area contributed by atoms with Crippen LogP contribution in [0.3, 0.4) is 0 Å². The maximum atomic E-state index is 12.2. The van der Waals surface area contributed by atoms with E-state index in [-0.39, 0.29) is 6.03 Å². The summed E-state index contributed by atoms with van der Waals surface area (Å²) in [5.41, 5.74) is 0.858. The van der Waals surface area contributed by atoms with Crippen molar-refractivity contribution in [3.63, 3.8) is 0 Å². The molecule has 0 spiro atoms. The molecular weight excluding hydrogens is 238 g/mol. The molecule has 1 aromatic rings. The number of urea groups is 1. The van der Waals surface area contributed by atoms with Crippen LogP contribution in [0.4, 0.5) is 10.5 Å². The second-order valence-corrected chi connectivity index (χ2v) is 5.04. The second-order valence-electron chi connectivity index (χ2n) is 5.04. The van der Waals surface area contributed by atoms with E-state index in [2.05, 4.69) is 17.6 Å². The average Bonchev–Trinajstić information content (AvgIpc) is 2.46. The van der Waals surface area contributed by atoms with Crippen molar-refractivity contribution >= 4 is 11.7 Å². The number of piperidine rings is 1. The van der Waals surface area contributed by atoms with Gasteiger partial charge in [-0.2, -0.15) is 0 Å². The van der Waals surface area contributed by atoms with E-state index in [1.165, 1.54) is 0 Å². The predicted octanol–water partition coefficient (Wildman–Crippen LogP) is 2.68. The fourth-order valence-electron chi connectivity index (χ4n) is 2.40. The summed E-state index contributed by atoms with van der Waals surface area (Å²) in [6.45, 7) is 4.84. The molecule has 2 amide bonds. The van der Waals surface area contributed by atoms with Gasteiger partial charge in [0.2, 0.25) is 0 Å². The number of carbonyl (C=O) groups is 1. The van der Waals surface area contributed by atoms with Gasteiger partial charge in [-0.15, -0.1) is 0 Å². The zero-order valence-electron chi connectivity index (χ0n) is 11.6. The van der Waals surface area contributed by atoms with E-state index >= 15 is 0 Å². The van der Waals surface area contributed by atoms with Crippen molar-refractivity contribution in [3.05, 3.63) is 30.3 Å². The van der Waals surface area contributed by atoms with Gasteiger partial charge in [0.05, 0.1) is 0 Å².